The lowest BCUT2D eigenvalue weighted by atomic mass is 10.1. The lowest BCUT2D eigenvalue weighted by molar-refractivity contribution is 0.0766. The highest BCUT2D eigenvalue weighted by Crippen LogP contribution is 2.12. The van der Waals surface area contributed by atoms with Crippen LogP contribution in [0.25, 0.3) is 0 Å². The van der Waals surface area contributed by atoms with Gasteiger partial charge in [0.15, 0.2) is 0 Å². The summed E-state index contributed by atoms with van der Waals surface area (Å²) in [6, 6.07) is 8.01. The Bertz CT molecular complexity index is 383. The molecule has 1 aromatic carbocycles. The van der Waals surface area contributed by atoms with Crippen LogP contribution >= 0.6 is 11.8 Å². The van der Waals surface area contributed by atoms with E-state index in [1.54, 1.807) is 11.8 Å². The molecule has 4 heteroatoms. The molecule has 1 aliphatic heterocycles. The van der Waals surface area contributed by atoms with E-state index in [2.05, 4.69) is 23.7 Å². The third-order valence-corrected chi connectivity index (χ3v) is 3.76. The second-order valence-electron chi connectivity index (χ2n) is 4.53. The highest BCUT2D eigenvalue weighted by Gasteiger charge is 2.16. The van der Waals surface area contributed by atoms with Crippen molar-refractivity contribution >= 4 is 17.7 Å². The molecule has 18 heavy (non-hydrogen) atoms. The summed E-state index contributed by atoms with van der Waals surface area (Å²) in [5.74, 6) is 1.16. The molecule has 1 amide bonds. The fourth-order valence-electron chi connectivity index (χ4n) is 2.14. The molecule has 0 aromatic heterocycles. The number of benzene rings is 1. The quantitative estimate of drug-likeness (QED) is 0.906. The summed E-state index contributed by atoms with van der Waals surface area (Å²) in [7, 11) is 0. The van der Waals surface area contributed by atoms with Crippen molar-refractivity contribution in [3.05, 3.63) is 35.4 Å². The number of nitrogens with zero attached hydrogens (tertiary/aromatic N) is 1. The average molecular weight is 264 g/mol. The van der Waals surface area contributed by atoms with E-state index in [4.69, 9.17) is 0 Å². The molecule has 1 saturated heterocycles. The number of rotatable bonds is 3. The zero-order valence-electron chi connectivity index (χ0n) is 10.8. The fourth-order valence-corrected chi connectivity index (χ4v) is 2.67. The summed E-state index contributed by atoms with van der Waals surface area (Å²) in [6.45, 7) is 3.58. The summed E-state index contributed by atoms with van der Waals surface area (Å²) in [5, 5.41) is 3.31. The lowest BCUT2D eigenvalue weighted by Crippen LogP contribution is -2.34. The van der Waals surface area contributed by atoms with Crippen LogP contribution in [0.1, 0.15) is 22.3 Å². The third-order valence-electron chi connectivity index (χ3n) is 3.14. The summed E-state index contributed by atoms with van der Waals surface area (Å²) >= 11 is 1.80. The average Bonchev–Trinajstić information content (AvgIpc) is 2.68. The van der Waals surface area contributed by atoms with Gasteiger partial charge in [-0.05, 0) is 36.9 Å². The molecular weight excluding hydrogens is 244 g/mol. The molecule has 0 bridgehead atoms. The van der Waals surface area contributed by atoms with Crippen LogP contribution < -0.4 is 5.32 Å². The van der Waals surface area contributed by atoms with Crippen molar-refractivity contribution < 1.29 is 4.79 Å². The second-order valence-corrected chi connectivity index (χ2v) is 5.39. The van der Waals surface area contributed by atoms with E-state index in [0.717, 1.165) is 43.9 Å². The van der Waals surface area contributed by atoms with E-state index in [0.29, 0.717) is 0 Å². The molecular formula is C14H20N2OS. The molecule has 0 unspecified atom stereocenters. The van der Waals surface area contributed by atoms with Crippen molar-refractivity contribution in [3.8, 4) is 0 Å². The minimum Gasteiger partial charge on any atom is -0.337 e. The van der Waals surface area contributed by atoms with E-state index >= 15 is 0 Å². The normalized spacial score (nSPS) is 16.4. The van der Waals surface area contributed by atoms with Gasteiger partial charge in [-0.15, -0.1) is 0 Å². The first kappa shape index (κ1) is 13.4. The minimum atomic E-state index is 0.161. The van der Waals surface area contributed by atoms with Gasteiger partial charge in [0.25, 0.3) is 5.91 Å². The molecule has 0 aliphatic carbocycles. The first-order valence-corrected chi connectivity index (χ1v) is 7.78. The molecule has 1 heterocycles. The van der Waals surface area contributed by atoms with Crippen molar-refractivity contribution in [2.45, 2.75) is 12.2 Å². The van der Waals surface area contributed by atoms with Gasteiger partial charge in [-0.25, -0.2) is 0 Å². The van der Waals surface area contributed by atoms with Crippen molar-refractivity contribution in [2.75, 3.05) is 32.4 Å². The van der Waals surface area contributed by atoms with Gasteiger partial charge >= 0.3 is 0 Å². The number of carbonyl (C=O) groups excluding carboxylic acids is 1. The van der Waals surface area contributed by atoms with Gasteiger partial charge < -0.3 is 10.2 Å². The Morgan fingerprint density at radius 1 is 1.28 bits per heavy atom. The molecule has 1 aliphatic rings. The topological polar surface area (TPSA) is 32.3 Å². The van der Waals surface area contributed by atoms with Gasteiger partial charge in [0, 0.05) is 31.0 Å². The van der Waals surface area contributed by atoms with Crippen molar-refractivity contribution in [3.63, 3.8) is 0 Å². The number of carbonyl (C=O) groups is 1. The molecule has 98 valence electrons. The van der Waals surface area contributed by atoms with Crippen LogP contribution in [0.2, 0.25) is 0 Å². The van der Waals surface area contributed by atoms with Gasteiger partial charge in [0.1, 0.15) is 0 Å². The summed E-state index contributed by atoms with van der Waals surface area (Å²) in [6.07, 6.45) is 3.12. The van der Waals surface area contributed by atoms with Gasteiger partial charge in [-0.3, -0.25) is 4.79 Å². The standard InChI is InChI=1S/C14H20N2OS/c1-18-11-12-3-5-13(6-4-12)14(17)16-9-2-7-15-8-10-16/h3-6,15H,2,7-11H2,1H3. The Hall–Kier alpha value is -1.00. The number of hydrogen-bond acceptors (Lipinski definition) is 3. The molecule has 3 nitrogen and oxygen atoms in total. The van der Waals surface area contributed by atoms with Gasteiger partial charge in [0.2, 0.25) is 0 Å². The van der Waals surface area contributed by atoms with Gasteiger partial charge in [-0.2, -0.15) is 11.8 Å². The summed E-state index contributed by atoms with van der Waals surface area (Å²) in [4.78, 5) is 14.3. The van der Waals surface area contributed by atoms with Crippen LogP contribution in [0.15, 0.2) is 24.3 Å². The summed E-state index contributed by atoms with van der Waals surface area (Å²) in [5.41, 5.74) is 2.08. The maximum absolute atomic E-state index is 12.3. The van der Waals surface area contributed by atoms with E-state index in [1.165, 1.54) is 5.56 Å². The van der Waals surface area contributed by atoms with E-state index in [-0.39, 0.29) is 5.91 Å². The largest absolute Gasteiger partial charge is 0.337 e. The number of amides is 1. The Labute approximate surface area is 113 Å². The van der Waals surface area contributed by atoms with Gasteiger partial charge in [-0.1, -0.05) is 12.1 Å². The van der Waals surface area contributed by atoms with Crippen molar-refractivity contribution in [1.29, 1.82) is 0 Å². The maximum atomic E-state index is 12.3. The number of hydrogen-bond donors (Lipinski definition) is 1. The first-order chi connectivity index (χ1) is 8.81. The molecule has 0 radical (unpaired) electrons. The van der Waals surface area contributed by atoms with Crippen molar-refractivity contribution in [2.24, 2.45) is 0 Å². The Balaban J connectivity index is 2.02. The summed E-state index contributed by atoms with van der Waals surface area (Å²) < 4.78 is 0. The van der Waals surface area contributed by atoms with Crippen LogP contribution in [0.4, 0.5) is 0 Å². The zero-order valence-corrected chi connectivity index (χ0v) is 11.6. The van der Waals surface area contributed by atoms with Crippen LogP contribution in [-0.2, 0) is 5.75 Å². The van der Waals surface area contributed by atoms with Crippen LogP contribution in [0.3, 0.4) is 0 Å². The molecule has 2 rings (SSSR count). The highest BCUT2D eigenvalue weighted by atomic mass is 32.2. The number of nitrogens with one attached hydrogen (secondary N) is 1. The zero-order chi connectivity index (χ0) is 12.8. The van der Waals surface area contributed by atoms with Crippen LogP contribution in [-0.4, -0.2) is 43.2 Å². The molecule has 1 N–H and O–H groups in total. The molecule has 0 atom stereocenters. The molecule has 1 fully saturated rings. The van der Waals surface area contributed by atoms with Crippen LogP contribution in [0, 0.1) is 0 Å². The van der Waals surface area contributed by atoms with Gasteiger partial charge in [0.05, 0.1) is 0 Å². The Morgan fingerprint density at radius 2 is 2.06 bits per heavy atom. The van der Waals surface area contributed by atoms with Crippen LogP contribution in [0.5, 0.6) is 0 Å². The fraction of sp³-hybridized carbons (Fsp3) is 0.500. The van der Waals surface area contributed by atoms with E-state index in [1.807, 2.05) is 17.0 Å². The molecule has 0 spiro atoms. The predicted octanol–water partition coefficient (Wildman–Crippen LogP) is 1.99. The SMILES string of the molecule is CSCc1ccc(C(=O)N2CCCNCC2)cc1. The monoisotopic (exact) mass is 264 g/mol. The Kier molecular flexibility index (Phi) is 5.08. The number of thioether (sulfide) groups is 1. The smallest absolute Gasteiger partial charge is 0.253 e. The minimum absolute atomic E-state index is 0.161. The predicted molar refractivity (Wildman–Crippen MR) is 77.1 cm³/mol. The van der Waals surface area contributed by atoms with E-state index in [9.17, 15) is 4.79 Å². The second kappa shape index (κ2) is 6.81. The third kappa shape index (κ3) is 3.50. The van der Waals surface area contributed by atoms with E-state index < -0.39 is 0 Å². The lowest BCUT2D eigenvalue weighted by Gasteiger charge is -2.20. The highest BCUT2D eigenvalue weighted by molar-refractivity contribution is 7.97. The molecule has 0 saturated carbocycles. The Morgan fingerprint density at radius 3 is 2.78 bits per heavy atom. The first-order valence-electron chi connectivity index (χ1n) is 6.39. The maximum Gasteiger partial charge on any atom is 0.253 e. The van der Waals surface area contributed by atoms with Crippen molar-refractivity contribution in [1.82, 2.24) is 10.2 Å². The molecule has 1 aromatic rings.